The largest absolute Gasteiger partial charge is 0.385 e. The minimum atomic E-state index is -2.77. The van der Waals surface area contributed by atoms with Gasteiger partial charge in [0.15, 0.2) is 9.84 Å². The van der Waals surface area contributed by atoms with Crippen LogP contribution in [0.25, 0.3) is 0 Å². The van der Waals surface area contributed by atoms with E-state index in [-0.39, 0.29) is 5.92 Å². The summed E-state index contributed by atoms with van der Waals surface area (Å²) in [5, 5.41) is 0. The minimum absolute atomic E-state index is 0.268. The number of methoxy groups -OCH3 is 1. The van der Waals surface area contributed by atoms with Crippen LogP contribution >= 0.6 is 11.6 Å². The van der Waals surface area contributed by atoms with Crippen molar-refractivity contribution in [2.75, 3.05) is 31.1 Å². The van der Waals surface area contributed by atoms with Crippen LogP contribution in [0.5, 0.6) is 0 Å². The standard InChI is InChI=1S/C10H19ClO3S/c1-14-5-2-3-9(7-11)10-4-6-15(12,13)8-10/h9-10H,2-8H2,1H3. The molecule has 1 aliphatic heterocycles. The highest BCUT2D eigenvalue weighted by atomic mass is 35.5. The molecular weight excluding hydrogens is 236 g/mol. The molecule has 5 heteroatoms. The molecule has 0 saturated carbocycles. The van der Waals surface area contributed by atoms with E-state index in [4.69, 9.17) is 16.3 Å². The Kier molecular flexibility index (Phi) is 5.36. The monoisotopic (exact) mass is 254 g/mol. The predicted molar refractivity (Wildman–Crippen MR) is 62.1 cm³/mol. The Morgan fingerprint density at radius 2 is 2.27 bits per heavy atom. The van der Waals surface area contributed by atoms with Gasteiger partial charge in [0.2, 0.25) is 0 Å². The summed E-state index contributed by atoms with van der Waals surface area (Å²) < 4.78 is 27.6. The van der Waals surface area contributed by atoms with Gasteiger partial charge < -0.3 is 4.74 Å². The fourth-order valence-corrected chi connectivity index (χ4v) is 4.45. The molecule has 1 aliphatic rings. The number of ether oxygens (including phenoxy) is 1. The van der Waals surface area contributed by atoms with Crippen LogP contribution in [0.3, 0.4) is 0 Å². The van der Waals surface area contributed by atoms with Gasteiger partial charge in [-0.15, -0.1) is 11.6 Å². The van der Waals surface area contributed by atoms with Gasteiger partial charge in [-0.05, 0) is 31.1 Å². The van der Waals surface area contributed by atoms with E-state index in [0.717, 1.165) is 25.9 Å². The minimum Gasteiger partial charge on any atom is -0.385 e. The Morgan fingerprint density at radius 1 is 1.53 bits per heavy atom. The van der Waals surface area contributed by atoms with Crippen molar-refractivity contribution < 1.29 is 13.2 Å². The van der Waals surface area contributed by atoms with Crippen molar-refractivity contribution in [3.63, 3.8) is 0 Å². The van der Waals surface area contributed by atoms with Gasteiger partial charge in [-0.2, -0.15) is 0 Å². The lowest BCUT2D eigenvalue weighted by molar-refractivity contribution is 0.183. The van der Waals surface area contributed by atoms with Crippen molar-refractivity contribution in [2.24, 2.45) is 11.8 Å². The van der Waals surface area contributed by atoms with E-state index in [1.807, 2.05) is 0 Å². The second-order valence-electron chi connectivity index (χ2n) is 4.21. The Labute approximate surface area is 97.1 Å². The Balaban J connectivity index is 2.39. The third-order valence-corrected chi connectivity index (χ3v) is 5.25. The van der Waals surface area contributed by atoms with E-state index in [0.29, 0.717) is 23.3 Å². The van der Waals surface area contributed by atoms with Crippen molar-refractivity contribution in [2.45, 2.75) is 19.3 Å². The first-order valence-corrected chi connectivity index (χ1v) is 7.70. The van der Waals surface area contributed by atoms with Crippen LogP contribution < -0.4 is 0 Å². The Hall–Kier alpha value is 0.200. The third-order valence-electron chi connectivity index (χ3n) is 3.06. The van der Waals surface area contributed by atoms with Crippen molar-refractivity contribution >= 4 is 21.4 Å². The van der Waals surface area contributed by atoms with Crippen LogP contribution in [0.4, 0.5) is 0 Å². The molecule has 2 unspecified atom stereocenters. The van der Waals surface area contributed by atoms with Crippen LogP contribution in [0.2, 0.25) is 0 Å². The topological polar surface area (TPSA) is 43.4 Å². The second kappa shape index (κ2) is 6.06. The molecule has 0 aromatic rings. The van der Waals surface area contributed by atoms with E-state index >= 15 is 0 Å². The fourth-order valence-electron chi connectivity index (χ4n) is 2.12. The molecule has 0 amide bonds. The Morgan fingerprint density at radius 3 is 2.73 bits per heavy atom. The third kappa shape index (κ3) is 4.29. The summed E-state index contributed by atoms with van der Waals surface area (Å²) in [6, 6.07) is 0. The molecule has 90 valence electrons. The first kappa shape index (κ1) is 13.3. The van der Waals surface area contributed by atoms with Crippen molar-refractivity contribution in [3.05, 3.63) is 0 Å². The van der Waals surface area contributed by atoms with Crippen LogP contribution in [0.1, 0.15) is 19.3 Å². The van der Waals surface area contributed by atoms with Gasteiger partial charge in [-0.3, -0.25) is 0 Å². The summed E-state index contributed by atoms with van der Waals surface area (Å²) in [4.78, 5) is 0. The zero-order valence-corrected chi connectivity index (χ0v) is 10.7. The van der Waals surface area contributed by atoms with Crippen molar-refractivity contribution in [3.8, 4) is 0 Å². The molecule has 15 heavy (non-hydrogen) atoms. The lowest BCUT2D eigenvalue weighted by atomic mass is 9.89. The van der Waals surface area contributed by atoms with Gasteiger partial charge in [-0.25, -0.2) is 8.42 Å². The van der Waals surface area contributed by atoms with Gasteiger partial charge in [0, 0.05) is 19.6 Å². The van der Waals surface area contributed by atoms with Crippen molar-refractivity contribution in [1.29, 1.82) is 0 Å². The molecule has 1 fully saturated rings. The first-order chi connectivity index (χ1) is 7.09. The number of hydrogen-bond donors (Lipinski definition) is 0. The summed E-state index contributed by atoms with van der Waals surface area (Å²) >= 11 is 5.88. The van der Waals surface area contributed by atoms with Gasteiger partial charge in [0.25, 0.3) is 0 Å². The molecule has 3 nitrogen and oxygen atoms in total. The molecule has 0 spiro atoms. The molecule has 1 heterocycles. The summed E-state index contributed by atoms with van der Waals surface area (Å²) in [5.74, 6) is 1.83. The van der Waals surface area contributed by atoms with Gasteiger partial charge in [-0.1, -0.05) is 0 Å². The van der Waals surface area contributed by atoms with E-state index < -0.39 is 9.84 Å². The maximum atomic E-state index is 11.3. The molecule has 0 N–H and O–H groups in total. The lowest BCUT2D eigenvalue weighted by Crippen LogP contribution is -2.18. The zero-order valence-electron chi connectivity index (χ0n) is 9.12. The number of halogens is 1. The van der Waals surface area contributed by atoms with Gasteiger partial charge in [0.05, 0.1) is 11.5 Å². The lowest BCUT2D eigenvalue weighted by Gasteiger charge is -2.19. The molecule has 1 rings (SSSR count). The highest BCUT2D eigenvalue weighted by Gasteiger charge is 2.32. The highest BCUT2D eigenvalue weighted by molar-refractivity contribution is 7.91. The van der Waals surface area contributed by atoms with E-state index in [1.54, 1.807) is 7.11 Å². The van der Waals surface area contributed by atoms with Crippen LogP contribution in [-0.4, -0.2) is 39.5 Å². The van der Waals surface area contributed by atoms with Crippen LogP contribution in [0.15, 0.2) is 0 Å². The average Bonchev–Trinajstić information content (AvgIpc) is 2.54. The summed E-state index contributed by atoms with van der Waals surface area (Å²) in [5.41, 5.74) is 0. The highest BCUT2D eigenvalue weighted by Crippen LogP contribution is 2.29. The normalized spacial score (nSPS) is 26.7. The second-order valence-corrected chi connectivity index (χ2v) is 6.75. The van der Waals surface area contributed by atoms with E-state index in [1.165, 1.54) is 0 Å². The number of rotatable bonds is 6. The maximum Gasteiger partial charge on any atom is 0.150 e. The fraction of sp³-hybridized carbons (Fsp3) is 1.00. The summed E-state index contributed by atoms with van der Waals surface area (Å²) in [6.45, 7) is 0.729. The van der Waals surface area contributed by atoms with E-state index in [9.17, 15) is 8.42 Å². The molecule has 0 bridgehead atoms. The van der Waals surface area contributed by atoms with Gasteiger partial charge in [0.1, 0.15) is 0 Å². The SMILES string of the molecule is COCCCC(CCl)C1CCS(=O)(=O)C1. The molecule has 0 aliphatic carbocycles. The molecule has 0 radical (unpaired) electrons. The molecular formula is C10H19ClO3S. The quantitative estimate of drug-likeness (QED) is 0.535. The number of alkyl halides is 1. The summed E-state index contributed by atoms with van der Waals surface area (Å²) in [6.07, 6.45) is 2.72. The maximum absolute atomic E-state index is 11.3. The molecule has 0 aromatic carbocycles. The number of sulfone groups is 1. The smallest absolute Gasteiger partial charge is 0.150 e. The predicted octanol–water partition coefficient (Wildman–Crippen LogP) is 1.70. The average molecular weight is 255 g/mol. The van der Waals surface area contributed by atoms with Crippen LogP contribution in [0, 0.1) is 11.8 Å². The first-order valence-electron chi connectivity index (χ1n) is 5.34. The zero-order chi connectivity index (χ0) is 11.3. The van der Waals surface area contributed by atoms with Crippen LogP contribution in [-0.2, 0) is 14.6 Å². The molecule has 0 aromatic heterocycles. The Bertz CT molecular complexity index is 276. The van der Waals surface area contributed by atoms with Gasteiger partial charge >= 0.3 is 0 Å². The van der Waals surface area contributed by atoms with Crippen molar-refractivity contribution in [1.82, 2.24) is 0 Å². The summed E-state index contributed by atoms with van der Waals surface area (Å²) in [7, 11) is -1.09. The molecule has 2 atom stereocenters. The van der Waals surface area contributed by atoms with E-state index in [2.05, 4.69) is 0 Å². The molecule has 1 saturated heterocycles. The number of hydrogen-bond acceptors (Lipinski definition) is 3.